The zero-order valence-electron chi connectivity index (χ0n) is 19.0. The van der Waals surface area contributed by atoms with E-state index in [0.717, 1.165) is 12.8 Å². The van der Waals surface area contributed by atoms with Crippen LogP contribution in [-0.2, 0) is 10.1 Å². The topological polar surface area (TPSA) is 77.4 Å². The van der Waals surface area contributed by atoms with E-state index in [2.05, 4.69) is 6.92 Å². The smallest absolute Gasteiger partial charge is 0.748 e. The second-order valence-electron chi connectivity index (χ2n) is 8.13. The van der Waals surface area contributed by atoms with E-state index in [0.29, 0.717) is 25.7 Å². The van der Waals surface area contributed by atoms with E-state index in [4.69, 9.17) is 0 Å². The Morgan fingerprint density at radius 3 is 1.32 bits per heavy atom. The predicted octanol–water partition coefficient (Wildman–Crippen LogP) is 3.33. The van der Waals surface area contributed by atoms with Gasteiger partial charge in [0.2, 0.25) is 0 Å². The molecule has 2 unspecified atom stereocenters. The molecule has 0 spiro atoms. The summed E-state index contributed by atoms with van der Waals surface area (Å²) in [7, 11) is -4.41. The molecule has 0 aliphatic heterocycles. The van der Waals surface area contributed by atoms with Crippen LogP contribution in [0.25, 0.3) is 0 Å². The van der Waals surface area contributed by atoms with E-state index >= 15 is 0 Å². The molecule has 0 amide bonds. The molecule has 6 heteroatoms. The van der Waals surface area contributed by atoms with E-state index in [1.807, 2.05) is 6.92 Å². The van der Waals surface area contributed by atoms with Crippen molar-refractivity contribution in [3.63, 3.8) is 0 Å². The maximum Gasteiger partial charge on any atom is 1.00 e. The van der Waals surface area contributed by atoms with Crippen molar-refractivity contribution in [2.75, 3.05) is 0 Å². The molecule has 0 fully saturated rings. The van der Waals surface area contributed by atoms with Crippen LogP contribution in [0.3, 0.4) is 0 Å². The van der Waals surface area contributed by atoms with Crippen molar-refractivity contribution < 1.29 is 47.6 Å². The average Bonchev–Trinajstić information content (AvgIpc) is 2.60. The molecule has 1 N–H and O–H groups in total. The first kappa shape index (κ1) is 31.1. The summed E-state index contributed by atoms with van der Waals surface area (Å²) < 4.78 is 33.9. The molecule has 0 rings (SSSR count). The van der Waals surface area contributed by atoms with Gasteiger partial charge < -0.3 is 9.66 Å². The van der Waals surface area contributed by atoms with Gasteiger partial charge in [0, 0.05) is 0 Å². The zero-order chi connectivity index (χ0) is 20.4. The molecule has 0 aliphatic rings. The summed E-state index contributed by atoms with van der Waals surface area (Å²) >= 11 is 0. The van der Waals surface area contributed by atoms with Crippen LogP contribution in [-0.4, -0.2) is 29.4 Å². The molecule has 4 nitrogen and oxygen atoms in total. The van der Waals surface area contributed by atoms with Crippen LogP contribution >= 0.6 is 0 Å². The van der Waals surface area contributed by atoms with E-state index in [9.17, 15) is 18.1 Å². The molecule has 0 radical (unpaired) electrons. The molecule has 164 valence electrons. The molecule has 0 bridgehead atoms. The van der Waals surface area contributed by atoms with Crippen molar-refractivity contribution in [1.82, 2.24) is 0 Å². The molecule has 0 aromatic heterocycles. The van der Waals surface area contributed by atoms with Crippen LogP contribution in [0.1, 0.15) is 129 Å². The van der Waals surface area contributed by atoms with Crippen molar-refractivity contribution in [3.8, 4) is 0 Å². The Hall–Kier alpha value is 0.870. The molecule has 0 aliphatic carbocycles. The van der Waals surface area contributed by atoms with E-state index in [-0.39, 0.29) is 29.6 Å². The van der Waals surface area contributed by atoms with Crippen LogP contribution in [0.4, 0.5) is 0 Å². The molecule has 2 atom stereocenters. The van der Waals surface area contributed by atoms with Gasteiger partial charge in [-0.15, -0.1) is 0 Å². The third-order valence-electron chi connectivity index (χ3n) is 5.48. The average molecular weight is 429 g/mol. The Bertz CT molecular complexity index is 415. The van der Waals surface area contributed by atoms with Crippen LogP contribution < -0.4 is 29.6 Å². The summed E-state index contributed by atoms with van der Waals surface area (Å²) in [5, 5.41) is 8.76. The Morgan fingerprint density at radius 1 is 0.643 bits per heavy atom. The van der Waals surface area contributed by atoms with Crippen LogP contribution in [0.15, 0.2) is 0 Å². The van der Waals surface area contributed by atoms with Gasteiger partial charge in [0.15, 0.2) is 0 Å². The molecule has 0 heterocycles. The zero-order valence-corrected chi connectivity index (χ0v) is 21.8. The third-order valence-corrected chi connectivity index (χ3v) is 6.77. The Morgan fingerprint density at radius 2 is 1.00 bits per heavy atom. The number of aliphatic hydroxyl groups excluding tert-OH is 1. The summed E-state index contributed by atoms with van der Waals surface area (Å²) in [5.74, 6) is 0. The largest absolute Gasteiger partial charge is 1.00 e. The fraction of sp³-hybridized carbons (Fsp3) is 1.00. The van der Waals surface area contributed by atoms with Gasteiger partial charge in [0.1, 0.15) is 10.1 Å². The molecule has 28 heavy (non-hydrogen) atoms. The third kappa shape index (κ3) is 18.9. The Balaban J connectivity index is 0. The van der Waals surface area contributed by atoms with E-state index in [1.54, 1.807) is 0 Å². The number of unbranched alkanes of at least 4 members (excludes halogenated alkanes) is 14. The van der Waals surface area contributed by atoms with Gasteiger partial charge in [-0.2, -0.15) is 0 Å². The quantitative estimate of drug-likeness (QED) is 0.183. The van der Waals surface area contributed by atoms with Gasteiger partial charge in [0.25, 0.3) is 0 Å². The summed E-state index contributed by atoms with van der Waals surface area (Å²) in [6.07, 6.45) is 19.2. The van der Waals surface area contributed by atoms with Gasteiger partial charge in [-0.25, -0.2) is 8.42 Å². The van der Waals surface area contributed by atoms with Crippen LogP contribution in [0.5, 0.6) is 0 Å². The van der Waals surface area contributed by atoms with Crippen molar-refractivity contribution in [2.45, 2.75) is 141 Å². The standard InChI is InChI=1S/C22H46O4S.Na/c1-3-5-6-7-8-9-10-11-12-13-14-15-16-17-18-20-22(27(24,25)26)21(23)19-4-2;/h21-23H,3-20H2,1-2H3,(H,24,25,26);/q;+1/p-1. The fourth-order valence-corrected chi connectivity index (χ4v) is 4.70. The molecule has 0 aromatic rings. The van der Waals surface area contributed by atoms with Gasteiger partial charge >= 0.3 is 29.6 Å². The Kier molecular flexibility index (Phi) is 23.4. The minimum absolute atomic E-state index is 0. The normalized spacial score (nSPS) is 13.9. The molecular formula is C22H45NaO4S. The molecular weight excluding hydrogens is 383 g/mol. The predicted molar refractivity (Wildman–Crippen MR) is 114 cm³/mol. The van der Waals surface area contributed by atoms with Gasteiger partial charge in [-0.3, -0.25) is 0 Å². The summed E-state index contributed by atoms with van der Waals surface area (Å²) in [6.45, 7) is 4.14. The minimum atomic E-state index is -4.41. The maximum atomic E-state index is 11.3. The number of hydrogen-bond acceptors (Lipinski definition) is 4. The van der Waals surface area contributed by atoms with Gasteiger partial charge in [-0.05, 0) is 12.8 Å². The second kappa shape index (κ2) is 21.1. The van der Waals surface area contributed by atoms with Crippen molar-refractivity contribution in [1.29, 1.82) is 0 Å². The first-order chi connectivity index (χ1) is 12.9. The Labute approximate surface area is 197 Å². The SMILES string of the molecule is CCCCCCCCCCCCCCCCCC(C(O)CCC)S(=O)(=O)[O-].[Na+]. The monoisotopic (exact) mass is 428 g/mol. The molecule has 0 saturated heterocycles. The summed E-state index contributed by atoms with van der Waals surface area (Å²) in [5.41, 5.74) is 0. The van der Waals surface area contributed by atoms with E-state index < -0.39 is 21.5 Å². The first-order valence-corrected chi connectivity index (χ1v) is 13.0. The summed E-state index contributed by atoms with van der Waals surface area (Å²) in [6, 6.07) is 0. The molecule has 0 aromatic carbocycles. The number of aliphatic hydroxyl groups is 1. The fourth-order valence-electron chi connectivity index (χ4n) is 3.73. The van der Waals surface area contributed by atoms with Gasteiger partial charge in [0.05, 0.1) is 11.4 Å². The van der Waals surface area contributed by atoms with Gasteiger partial charge in [-0.1, -0.05) is 117 Å². The first-order valence-electron chi connectivity index (χ1n) is 11.6. The second-order valence-corrected chi connectivity index (χ2v) is 9.72. The van der Waals surface area contributed by atoms with Crippen molar-refractivity contribution in [2.24, 2.45) is 0 Å². The van der Waals surface area contributed by atoms with Crippen molar-refractivity contribution >= 4 is 10.1 Å². The molecule has 0 saturated carbocycles. The number of rotatable bonds is 20. The maximum absolute atomic E-state index is 11.3. The van der Waals surface area contributed by atoms with Crippen LogP contribution in [0.2, 0.25) is 0 Å². The summed E-state index contributed by atoms with van der Waals surface area (Å²) in [4.78, 5) is 0. The van der Waals surface area contributed by atoms with E-state index in [1.165, 1.54) is 77.0 Å². The van der Waals surface area contributed by atoms with Crippen LogP contribution in [0, 0.1) is 0 Å². The number of hydrogen-bond donors (Lipinski definition) is 1. The minimum Gasteiger partial charge on any atom is -0.748 e. The van der Waals surface area contributed by atoms with Crippen molar-refractivity contribution in [3.05, 3.63) is 0 Å².